The number of ether oxygens (including phenoxy) is 1. The van der Waals surface area contributed by atoms with E-state index in [-0.39, 0.29) is 6.10 Å². The van der Waals surface area contributed by atoms with E-state index in [0.717, 1.165) is 10.2 Å². The van der Waals surface area contributed by atoms with Gasteiger partial charge >= 0.3 is 0 Å². The second-order valence-electron chi connectivity index (χ2n) is 4.03. The maximum absolute atomic E-state index is 6.01. The summed E-state index contributed by atoms with van der Waals surface area (Å²) in [6, 6.07) is 0. The van der Waals surface area contributed by atoms with Crippen LogP contribution in [0.1, 0.15) is 36.2 Å². The molecule has 0 saturated heterocycles. The van der Waals surface area contributed by atoms with Crippen LogP contribution in [0, 0.1) is 13.8 Å². The zero-order valence-electron chi connectivity index (χ0n) is 10.6. The summed E-state index contributed by atoms with van der Waals surface area (Å²) in [7, 11) is 0. The molecule has 0 aliphatic rings. The molecule has 0 aromatic carbocycles. The summed E-state index contributed by atoms with van der Waals surface area (Å²) in [5.41, 5.74) is 7.18. The van der Waals surface area contributed by atoms with Crippen LogP contribution in [-0.4, -0.2) is 16.6 Å². The van der Waals surface area contributed by atoms with Gasteiger partial charge in [0.05, 0.1) is 5.39 Å². The monoisotopic (exact) mass is 251 g/mol. The third-order valence-corrected chi connectivity index (χ3v) is 3.96. The smallest absolute Gasteiger partial charge is 0.160 e. The predicted molar refractivity (Wildman–Crippen MR) is 71.3 cm³/mol. The Balaban J connectivity index is 2.56. The number of nitrogen functional groups attached to an aromatic ring is 1. The number of thiophene rings is 1. The molecular formula is C12H17N3OS. The van der Waals surface area contributed by atoms with Crippen LogP contribution in [0.3, 0.4) is 0 Å². The summed E-state index contributed by atoms with van der Waals surface area (Å²) in [4.78, 5) is 11.1. The Morgan fingerprint density at radius 3 is 2.71 bits per heavy atom. The molecule has 2 aromatic rings. The van der Waals surface area contributed by atoms with E-state index in [1.54, 1.807) is 11.3 Å². The van der Waals surface area contributed by atoms with Crippen molar-refractivity contribution in [2.45, 2.75) is 33.8 Å². The summed E-state index contributed by atoms with van der Waals surface area (Å²) in [6.45, 7) is 8.67. The van der Waals surface area contributed by atoms with E-state index < -0.39 is 0 Å². The van der Waals surface area contributed by atoms with Crippen molar-refractivity contribution in [1.82, 2.24) is 9.97 Å². The lowest BCUT2D eigenvalue weighted by Gasteiger charge is -2.10. The number of nitrogens with zero attached hydrogens (tertiary/aromatic N) is 2. The quantitative estimate of drug-likeness (QED) is 0.911. The van der Waals surface area contributed by atoms with Crippen LogP contribution in [-0.2, 0) is 4.74 Å². The van der Waals surface area contributed by atoms with Crippen LogP contribution in [0.2, 0.25) is 0 Å². The highest BCUT2D eigenvalue weighted by molar-refractivity contribution is 7.18. The third-order valence-electron chi connectivity index (χ3n) is 2.85. The molecule has 0 amide bonds. The van der Waals surface area contributed by atoms with Gasteiger partial charge < -0.3 is 10.5 Å². The van der Waals surface area contributed by atoms with Crippen molar-refractivity contribution in [3.05, 3.63) is 16.3 Å². The normalized spacial score (nSPS) is 13.2. The standard InChI is InChI=1S/C12H17N3OS/c1-5-16-7(3)11-14-10(13)9-6(2)8(4)17-12(9)15-11/h7H,5H2,1-4H3,(H2,13,14,15). The Bertz CT molecular complexity index is 550. The second kappa shape index (κ2) is 4.58. The first-order chi connectivity index (χ1) is 8.04. The molecule has 92 valence electrons. The van der Waals surface area contributed by atoms with Crippen LogP contribution in [0.25, 0.3) is 10.2 Å². The SMILES string of the molecule is CCOC(C)c1nc(N)c2c(C)c(C)sc2n1. The van der Waals surface area contributed by atoms with Gasteiger partial charge in [-0.25, -0.2) is 9.97 Å². The van der Waals surface area contributed by atoms with E-state index in [0.29, 0.717) is 18.2 Å². The largest absolute Gasteiger partial charge is 0.383 e. The van der Waals surface area contributed by atoms with Gasteiger partial charge in [0.2, 0.25) is 0 Å². The Hall–Kier alpha value is -1.20. The fraction of sp³-hybridized carbons (Fsp3) is 0.500. The Morgan fingerprint density at radius 2 is 2.06 bits per heavy atom. The van der Waals surface area contributed by atoms with E-state index >= 15 is 0 Å². The van der Waals surface area contributed by atoms with Gasteiger partial charge in [0.25, 0.3) is 0 Å². The van der Waals surface area contributed by atoms with Crippen LogP contribution >= 0.6 is 11.3 Å². The lowest BCUT2D eigenvalue weighted by atomic mass is 10.2. The average Bonchev–Trinajstić information content (AvgIpc) is 2.55. The highest BCUT2D eigenvalue weighted by Gasteiger charge is 2.15. The minimum Gasteiger partial charge on any atom is -0.383 e. The number of rotatable bonds is 3. The van der Waals surface area contributed by atoms with Crippen molar-refractivity contribution in [2.75, 3.05) is 12.3 Å². The first kappa shape index (κ1) is 12.3. The van der Waals surface area contributed by atoms with Crippen molar-refractivity contribution in [2.24, 2.45) is 0 Å². The van der Waals surface area contributed by atoms with E-state index in [9.17, 15) is 0 Å². The van der Waals surface area contributed by atoms with E-state index in [1.807, 2.05) is 13.8 Å². The molecule has 5 heteroatoms. The number of hydrogen-bond acceptors (Lipinski definition) is 5. The molecule has 0 bridgehead atoms. The molecule has 0 fully saturated rings. The summed E-state index contributed by atoms with van der Waals surface area (Å²) in [5.74, 6) is 1.22. The van der Waals surface area contributed by atoms with Gasteiger partial charge in [0, 0.05) is 11.5 Å². The summed E-state index contributed by atoms with van der Waals surface area (Å²) < 4.78 is 5.49. The molecule has 2 heterocycles. The van der Waals surface area contributed by atoms with Crippen molar-refractivity contribution in [3.63, 3.8) is 0 Å². The molecule has 0 aliphatic carbocycles. The number of aromatic nitrogens is 2. The lowest BCUT2D eigenvalue weighted by Crippen LogP contribution is -2.07. The molecule has 2 rings (SSSR count). The fourth-order valence-corrected chi connectivity index (χ4v) is 2.85. The Morgan fingerprint density at radius 1 is 1.35 bits per heavy atom. The molecular weight excluding hydrogens is 234 g/mol. The zero-order chi connectivity index (χ0) is 12.6. The Kier molecular flexibility index (Phi) is 3.31. The second-order valence-corrected chi connectivity index (χ2v) is 5.23. The van der Waals surface area contributed by atoms with Crippen LogP contribution in [0.15, 0.2) is 0 Å². The van der Waals surface area contributed by atoms with Crippen molar-refractivity contribution < 1.29 is 4.74 Å². The minimum absolute atomic E-state index is 0.116. The van der Waals surface area contributed by atoms with E-state index in [2.05, 4.69) is 23.8 Å². The molecule has 0 spiro atoms. The van der Waals surface area contributed by atoms with Gasteiger partial charge in [-0.1, -0.05) is 0 Å². The van der Waals surface area contributed by atoms with E-state index in [1.165, 1.54) is 10.4 Å². The molecule has 4 nitrogen and oxygen atoms in total. The number of anilines is 1. The predicted octanol–water partition coefficient (Wildman–Crippen LogP) is 2.99. The number of aryl methyl sites for hydroxylation is 2. The maximum atomic E-state index is 6.01. The van der Waals surface area contributed by atoms with Gasteiger partial charge in [-0.15, -0.1) is 11.3 Å². The number of nitrogens with two attached hydrogens (primary N) is 1. The van der Waals surface area contributed by atoms with Gasteiger partial charge in [-0.2, -0.15) is 0 Å². The Labute approximate surface area is 105 Å². The topological polar surface area (TPSA) is 61.0 Å². The first-order valence-corrected chi connectivity index (χ1v) is 6.51. The van der Waals surface area contributed by atoms with Crippen molar-refractivity contribution in [1.29, 1.82) is 0 Å². The molecule has 1 unspecified atom stereocenters. The molecule has 1 atom stereocenters. The molecule has 0 radical (unpaired) electrons. The summed E-state index contributed by atoms with van der Waals surface area (Å²) in [6.07, 6.45) is -0.116. The molecule has 2 N–H and O–H groups in total. The van der Waals surface area contributed by atoms with Crippen LogP contribution < -0.4 is 5.73 Å². The van der Waals surface area contributed by atoms with Crippen molar-refractivity contribution in [3.8, 4) is 0 Å². The minimum atomic E-state index is -0.116. The molecule has 0 saturated carbocycles. The molecule has 17 heavy (non-hydrogen) atoms. The first-order valence-electron chi connectivity index (χ1n) is 5.69. The number of fused-ring (bicyclic) bond motifs is 1. The maximum Gasteiger partial charge on any atom is 0.160 e. The van der Waals surface area contributed by atoms with Crippen LogP contribution in [0.4, 0.5) is 5.82 Å². The molecule has 2 aromatic heterocycles. The van der Waals surface area contributed by atoms with Gasteiger partial charge in [0.15, 0.2) is 5.82 Å². The van der Waals surface area contributed by atoms with E-state index in [4.69, 9.17) is 10.5 Å². The average molecular weight is 251 g/mol. The van der Waals surface area contributed by atoms with Crippen molar-refractivity contribution >= 4 is 27.4 Å². The highest BCUT2D eigenvalue weighted by atomic mass is 32.1. The summed E-state index contributed by atoms with van der Waals surface area (Å²) in [5, 5.41) is 0.986. The molecule has 0 aliphatic heterocycles. The van der Waals surface area contributed by atoms with Gasteiger partial charge in [-0.3, -0.25) is 0 Å². The number of hydrogen-bond donors (Lipinski definition) is 1. The fourth-order valence-electron chi connectivity index (χ4n) is 1.80. The summed E-state index contributed by atoms with van der Waals surface area (Å²) >= 11 is 1.66. The third kappa shape index (κ3) is 2.12. The van der Waals surface area contributed by atoms with Crippen LogP contribution in [0.5, 0.6) is 0 Å². The van der Waals surface area contributed by atoms with Gasteiger partial charge in [0.1, 0.15) is 16.8 Å². The lowest BCUT2D eigenvalue weighted by molar-refractivity contribution is 0.0704. The van der Waals surface area contributed by atoms with Gasteiger partial charge in [-0.05, 0) is 33.3 Å². The zero-order valence-corrected chi connectivity index (χ0v) is 11.4. The highest BCUT2D eigenvalue weighted by Crippen LogP contribution is 2.32.